The number of fused-ring (bicyclic) bond motifs is 4. The number of benzene rings is 4. The van der Waals surface area contributed by atoms with Crippen LogP contribution in [0.15, 0.2) is 78.9 Å². The van der Waals surface area contributed by atoms with Gasteiger partial charge >= 0.3 is 225 Å². The van der Waals surface area contributed by atoms with Crippen molar-refractivity contribution in [2.75, 3.05) is 14.2 Å². The van der Waals surface area contributed by atoms with Crippen LogP contribution in [-0.2, 0) is 27.8 Å². The van der Waals surface area contributed by atoms with E-state index in [4.69, 9.17) is 13.5 Å². The van der Waals surface area contributed by atoms with Gasteiger partial charge in [-0.3, -0.25) is 0 Å². The Bertz CT molecular complexity index is 1440. The van der Waals surface area contributed by atoms with Crippen molar-refractivity contribution < 1.29 is 30.5 Å². The minimum atomic E-state index is -2.05. The molecular weight excluding hydrogens is 544 g/mol. The third kappa shape index (κ3) is 6.80. The van der Waals surface area contributed by atoms with Crippen molar-refractivity contribution in [1.29, 1.82) is 0 Å². The Hall–Kier alpha value is -2.21. The van der Waals surface area contributed by atoms with E-state index in [2.05, 4.69) is 133 Å². The molecule has 0 atom stereocenters. The summed E-state index contributed by atoms with van der Waals surface area (Å²) in [5.41, 5.74) is 8.92. The number of hydrogen-bond acceptors (Lipinski definition) is 3. The molecule has 0 fully saturated rings. The van der Waals surface area contributed by atoms with Gasteiger partial charge in [0.05, 0.1) is 0 Å². The molecule has 4 aromatic rings. The minimum absolute atomic E-state index is 0.122. The third-order valence-electron chi connectivity index (χ3n) is 7.45. The molecule has 0 aliphatic heterocycles. The summed E-state index contributed by atoms with van der Waals surface area (Å²) in [5, 5.41) is 19.0. The average molecular weight is 589 g/mol. The molecule has 0 radical (unpaired) electrons. The molecule has 0 saturated heterocycles. The van der Waals surface area contributed by atoms with E-state index in [-0.39, 0.29) is 10.8 Å². The number of rotatable bonds is 3. The molecule has 0 spiro atoms. The first kappa shape index (κ1) is 32.3. The molecule has 5 rings (SSSR count). The first-order chi connectivity index (χ1) is 18.9. The normalized spacial score (nSPS) is 12.2. The quantitative estimate of drug-likeness (QED) is 0.236. The Morgan fingerprint density at radius 2 is 1.10 bits per heavy atom. The van der Waals surface area contributed by atoms with Crippen molar-refractivity contribution in [2.24, 2.45) is 0 Å². The van der Waals surface area contributed by atoms with Gasteiger partial charge in [-0.25, -0.2) is 0 Å². The zero-order valence-electron chi connectivity index (χ0n) is 25.8. The van der Waals surface area contributed by atoms with Crippen LogP contribution in [0.5, 0.6) is 5.75 Å². The molecule has 0 unspecified atom stereocenters. The maximum absolute atomic E-state index is 8.25. The van der Waals surface area contributed by atoms with E-state index in [0.717, 1.165) is 20.0 Å². The van der Waals surface area contributed by atoms with Gasteiger partial charge in [0.15, 0.2) is 0 Å². The van der Waals surface area contributed by atoms with Crippen LogP contribution in [0.4, 0.5) is 0 Å². The topological polar surface area (TPSA) is 55.3 Å². The van der Waals surface area contributed by atoms with E-state index in [9.17, 15) is 0 Å². The van der Waals surface area contributed by atoms with Gasteiger partial charge in [0.25, 0.3) is 0 Å². The van der Waals surface area contributed by atoms with E-state index < -0.39 is 23.2 Å². The van der Waals surface area contributed by atoms with Gasteiger partial charge in [0.2, 0.25) is 0 Å². The predicted octanol–water partition coefficient (Wildman–Crippen LogP) is 7.32. The second-order valence-electron chi connectivity index (χ2n) is 12.5. The Morgan fingerprint density at radius 1 is 0.625 bits per heavy atom. The van der Waals surface area contributed by atoms with Crippen LogP contribution in [0.2, 0.25) is 13.1 Å². The zero-order chi connectivity index (χ0) is 29.8. The fourth-order valence-corrected chi connectivity index (χ4v) is 13.9. The summed E-state index contributed by atoms with van der Waals surface area (Å²) in [6.07, 6.45) is -0.640. The predicted molar refractivity (Wildman–Crippen MR) is 165 cm³/mol. The van der Waals surface area contributed by atoms with Gasteiger partial charge in [-0.2, -0.15) is 14.2 Å². The average Bonchev–Trinajstić information content (AvgIpc) is 3.25. The Morgan fingerprint density at radius 3 is 1.55 bits per heavy atom. The van der Waals surface area contributed by atoms with Crippen LogP contribution in [-0.4, -0.2) is 20.4 Å². The molecule has 0 saturated carbocycles. The van der Waals surface area contributed by atoms with Crippen molar-refractivity contribution in [3.63, 3.8) is 0 Å². The Balaban J connectivity index is 0.00000106. The second-order valence-corrected chi connectivity index (χ2v) is 23.6. The second kappa shape index (κ2) is 13.2. The van der Waals surface area contributed by atoms with Crippen LogP contribution in [0.3, 0.4) is 0 Å². The summed E-state index contributed by atoms with van der Waals surface area (Å²) in [4.78, 5) is 0. The molecule has 5 heteroatoms. The van der Waals surface area contributed by atoms with Crippen LogP contribution in [0.25, 0.3) is 21.9 Å². The summed E-state index contributed by atoms with van der Waals surface area (Å²) in [5.74, 6) is 1.05. The van der Waals surface area contributed by atoms with Crippen molar-refractivity contribution in [3.05, 3.63) is 101 Å². The van der Waals surface area contributed by atoms with Crippen LogP contribution >= 0.6 is 0 Å². The SMILES string of the molecule is C[O-].C[O-].C[Si](C)=[Ti+2]([O]c1ccc2ccccc2c1)[CH]1c2cc(C(C)(C)C)ccc2-c2ccc(C(C)(C)C)cc21. The summed E-state index contributed by atoms with van der Waals surface area (Å²) < 4.78 is 7.54. The van der Waals surface area contributed by atoms with E-state index in [0.29, 0.717) is 4.22 Å². The van der Waals surface area contributed by atoms with E-state index >= 15 is 0 Å². The summed E-state index contributed by atoms with van der Waals surface area (Å²) in [6, 6.07) is 29.7. The van der Waals surface area contributed by atoms with E-state index in [1.165, 1.54) is 44.2 Å². The van der Waals surface area contributed by atoms with Gasteiger partial charge in [-0.1, -0.05) is 0 Å². The van der Waals surface area contributed by atoms with Gasteiger partial charge in [0.1, 0.15) is 0 Å². The third-order valence-corrected chi connectivity index (χ3v) is 17.2. The molecule has 0 heterocycles. The zero-order valence-corrected chi connectivity index (χ0v) is 28.4. The number of hydrogen-bond donors (Lipinski definition) is 0. The molecule has 210 valence electrons. The van der Waals surface area contributed by atoms with Crippen molar-refractivity contribution >= 4 is 17.0 Å². The van der Waals surface area contributed by atoms with Crippen LogP contribution < -0.4 is 13.5 Å². The molecule has 3 nitrogen and oxygen atoms in total. The molecule has 1 aliphatic carbocycles. The Kier molecular flexibility index (Phi) is 10.6. The van der Waals surface area contributed by atoms with Gasteiger partial charge in [-0.15, -0.1) is 0 Å². The molecule has 0 bridgehead atoms. The maximum atomic E-state index is 8.25. The monoisotopic (exact) mass is 588 g/mol. The van der Waals surface area contributed by atoms with Gasteiger partial charge in [0, 0.05) is 0 Å². The van der Waals surface area contributed by atoms with Crippen molar-refractivity contribution in [1.82, 2.24) is 0 Å². The fraction of sp³-hybridized carbons (Fsp3) is 0.371. The standard InChI is InChI=1S/C21H25.C10H8O.C2H6Si.2CH3O.Ti/c1-20(2,3)16-7-9-18-14(12-16)11-15-13-17(21(4,5)6)8-10-19(15)18;11-10-6-5-8-3-1-2-4-9(8)7-10;1-3-2;2*1-2;/h7-13H,1-6H3;1-7,11H;1-2H3;2*1H3;/q;;;2*-1;+3/p-1. The Labute approximate surface area is 248 Å². The fourth-order valence-electron chi connectivity index (χ4n) is 5.28. The summed E-state index contributed by atoms with van der Waals surface area (Å²) >= 11 is -2.05. The van der Waals surface area contributed by atoms with Crippen LogP contribution in [0.1, 0.15) is 68.0 Å². The summed E-state index contributed by atoms with van der Waals surface area (Å²) in [7, 11) is 1.50. The molecule has 0 aromatic heterocycles. The first-order valence-electron chi connectivity index (χ1n) is 13.9. The molecule has 1 aliphatic rings. The molecule has 4 aromatic carbocycles. The molecular formula is C35H44O3SiTi. The van der Waals surface area contributed by atoms with E-state index in [1.807, 2.05) is 0 Å². The molecule has 40 heavy (non-hydrogen) atoms. The summed E-state index contributed by atoms with van der Waals surface area (Å²) in [6.45, 7) is 18.9. The van der Waals surface area contributed by atoms with Crippen LogP contribution in [0, 0.1) is 0 Å². The van der Waals surface area contributed by atoms with Crippen molar-refractivity contribution in [2.45, 2.75) is 69.7 Å². The molecule has 0 N–H and O–H groups in total. The van der Waals surface area contributed by atoms with Gasteiger partial charge in [-0.05, 0) is 0 Å². The van der Waals surface area contributed by atoms with Gasteiger partial charge < -0.3 is 10.2 Å². The molecule has 0 amide bonds. The first-order valence-corrected chi connectivity index (χ1v) is 20.3. The van der Waals surface area contributed by atoms with E-state index in [1.54, 1.807) is 0 Å². The van der Waals surface area contributed by atoms with Crippen molar-refractivity contribution in [3.8, 4) is 16.9 Å².